The molecule has 8 aromatic carbocycles. The Hall–Kier alpha value is -7.83. The van der Waals surface area contributed by atoms with Crippen molar-refractivity contribution in [2.75, 3.05) is 0 Å². The fourth-order valence-electron chi connectivity index (χ4n) is 8.44. The SMILES string of the molecule is c1ccc(-c2ccc3c(c2)oc2c(-n4c5ccccc5c5cc(-c6nc(-c7ccccc7)nc(-c7cccc8oc9ccccc9c78)n6)ccc54)cccc23)cc1. The van der Waals surface area contributed by atoms with E-state index in [1.54, 1.807) is 0 Å². The van der Waals surface area contributed by atoms with Crippen LogP contribution in [0.2, 0.25) is 0 Å². The number of hydrogen-bond donors (Lipinski definition) is 0. The Bertz CT molecular complexity index is 3530. The summed E-state index contributed by atoms with van der Waals surface area (Å²) in [5.74, 6) is 1.79. The van der Waals surface area contributed by atoms with E-state index < -0.39 is 0 Å². The molecule has 0 amide bonds. The number of benzene rings is 8. The lowest BCUT2D eigenvalue weighted by Crippen LogP contribution is -2.00. The lowest BCUT2D eigenvalue weighted by atomic mass is 10.0. The van der Waals surface area contributed by atoms with Crippen LogP contribution in [0.25, 0.3) is 117 Å². The lowest BCUT2D eigenvalue weighted by Gasteiger charge is -2.10. The molecule has 0 aliphatic carbocycles. The summed E-state index contributed by atoms with van der Waals surface area (Å²) in [7, 11) is 0. The van der Waals surface area contributed by atoms with Gasteiger partial charge in [0.1, 0.15) is 16.7 Å². The number of para-hydroxylation sites is 3. The molecule has 0 atom stereocenters. The molecule has 12 rings (SSSR count). The molecular formula is C51H30N4O2. The molecule has 0 saturated heterocycles. The molecule has 6 heteroatoms. The number of aromatic nitrogens is 4. The van der Waals surface area contributed by atoms with Gasteiger partial charge in [0.05, 0.1) is 16.7 Å². The molecule has 4 aromatic heterocycles. The molecule has 266 valence electrons. The Kier molecular flexibility index (Phi) is 6.83. The summed E-state index contributed by atoms with van der Waals surface area (Å²) >= 11 is 0. The summed E-state index contributed by atoms with van der Waals surface area (Å²) < 4.78 is 15.3. The number of hydrogen-bond acceptors (Lipinski definition) is 5. The second-order valence-electron chi connectivity index (χ2n) is 14.4. The molecule has 57 heavy (non-hydrogen) atoms. The predicted octanol–water partition coefficient (Wildman–Crippen LogP) is 13.4. The fraction of sp³-hybridized carbons (Fsp3) is 0. The third-order valence-electron chi connectivity index (χ3n) is 11.1. The van der Waals surface area contributed by atoms with Gasteiger partial charge in [-0.25, -0.2) is 15.0 Å². The Morgan fingerprint density at radius 3 is 1.86 bits per heavy atom. The van der Waals surface area contributed by atoms with Crippen molar-refractivity contribution in [3.8, 4) is 51.0 Å². The van der Waals surface area contributed by atoms with E-state index in [1.807, 2.05) is 66.7 Å². The van der Waals surface area contributed by atoms with Crippen LogP contribution in [0.5, 0.6) is 0 Å². The zero-order valence-corrected chi connectivity index (χ0v) is 30.4. The van der Waals surface area contributed by atoms with Crippen molar-refractivity contribution < 1.29 is 8.83 Å². The normalized spacial score (nSPS) is 11.9. The van der Waals surface area contributed by atoms with Crippen LogP contribution in [-0.4, -0.2) is 19.5 Å². The number of nitrogens with zero attached hydrogens (tertiary/aromatic N) is 4. The average Bonchev–Trinajstić information content (AvgIpc) is 3.96. The topological polar surface area (TPSA) is 69.9 Å². The number of furan rings is 2. The third-order valence-corrected chi connectivity index (χ3v) is 11.1. The van der Waals surface area contributed by atoms with Crippen molar-refractivity contribution in [1.82, 2.24) is 19.5 Å². The molecule has 6 nitrogen and oxygen atoms in total. The maximum atomic E-state index is 6.77. The van der Waals surface area contributed by atoms with Gasteiger partial charge < -0.3 is 13.4 Å². The molecule has 4 heterocycles. The summed E-state index contributed by atoms with van der Waals surface area (Å²) in [5.41, 5.74) is 11.4. The molecule has 0 unspecified atom stereocenters. The molecule has 0 saturated carbocycles. The standard InChI is InChI=1S/C51H30N4O2/c1-3-13-31(14-4-1)33-25-27-36-37-19-11-22-43(48(37)57-46(36)30-33)55-41-21-9-7-17-35(41)40-29-34(26-28-42(40)55)50-52-49(32-15-5-2-6-16-32)53-51(54-50)39-20-12-24-45-47(39)38-18-8-10-23-44(38)56-45/h1-30H. The van der Waals surface area contributed by atoms with Crippen LogP contribution in [0, 0.1) is 0 Å². The van der Waals surface area contributed by atoms with Gasteiger partial charge in [-0.1, -0.05) is 127 Å². The van der Waals surface area contributed by atoms with Gasteiger partial charge in [-0.2, -0.15) is 0 Å². The Balaban J connectivity index is 1.06. The van der Waals surface area contributed by atoms with Crippen LogP contribution < -0.4 is 0 Å². The zero-order chi connectivity index (χ0) is 37.5. The molecule has 0 aliphatic rings. The van der Waals surface area contributed by atoms with E-state index in [9.17, 15) is 0 Å². The first-order valence-electron chi connectivity index (χ1n) is 19.0. The summed E-state index contributed by atoms with van der Waals surface area (Å²) in [6, 6.07) is 62.6. The van der Waals surface area contributed by atoms with Crippen LogP contribution in [-0.2, 0) is 0 Å². The first-order chi connectivity index (χ1) is 28.2. The van der Waals surface area contributed by atoms with Crippen LogP contribution in [0.15, 0.2) is 191 Å². The zero-order valence-electron chi connectivity index (χ0n) is 30.4. The van der Waals surface area contributed by atoms with Gasteiger partial charge in [0.15, 0.2) is 23.1 Å². The van der Waals surface area contributed by atoms with Crippen LogP contribution in [0.3, 0.4) is 0 Å². The Morgan fingerprint density at radius 1 is 0.351 bits per heavy atom. The third kappa shape index (κ3) is 4.94. The molecule has 0 N–H and O–H groups in total. The highest BCUT2D eigenvalue weighted by molar-refractivity contribution is 6.14. The fourth-order valence-corrected chi connectivity index (χ4v) is 8.44. The maximum absolute atomic E-state index is 6.77. The van der Waals surface area contributed by atoms with Gasteiger partial charge in [0.25, 0.3) is 0 Å². The molecule has 0 bridgehead atoms. The smallest absolute Gasteiger partial charge is 0.164 e. The van der Waals surface area contributed by atoms with Crippen LogP contribution in [0.4, 0.5) is 0 Å². The van der Waals surface area contributed by atoms with Gasteiger partial charge in [0.2, 0.25) is 0 Å². The molecular weight excluding hydrogens is 701 g/mol. The van der Waals surface area contributed by atoms with E-state index in [-0.39, 0.29) is 0 Å². The lowest BCUT2D eigenvalue weighted by molar-refractivity contribution is 0.666. The Morgan fingerprint density at radius 2 is 1.00 bits per heavy atom. The first kappa shape index (κ1) is 31.5. The summed E-state index contributed by atoms with van der Waals surface area (Å²) in [5, 5.41) is 6.40. The number of fused-ring (bicyclic) bond motifs is 9. The van der Waals surface area contributed by atoms with E-state index in [1.165, 1.54) is 0 Å². The second-order valence-corrected chi connectivity index (χ2v) is 14.4. The van der Waals surface area contributed by atoms with Crippen molar-refractivity contribution in [3.63, 3.8) is 0 Å². The molecule has 0 aliphatic heterocycles. The average molecular weight is 731 g/mol. The monoisotopic (exact) mass is 730 g/mol. The minimum absolute atomic E-state index is 0.588. The van der Waals surface area contributed by atoms with Crippen LogP contribution >= 0.6 is 0 Å². The van der Waals surface area contributed by atoms with Gasteiger partial charge in [0, 0.05) is 49.0 Å². The molecule has 12 aromatic rings. The largest absolute Gasteiger partial charge is 0.456 e. The van der Waals surface area contributed by atoms with Crippen molar-refractivity contribution >= 4 is 65.7 Å². The van der Waals surface area contributed by atoms with E-state index in [2.05, 4.69) is 120 Å². The van der Waals surface area contributed by atoms with E-state index in [4.69, 9.17) is 23.8 Å². The highest BCUT2D eigenvalue weighted by Crippen LogP contribution is 2.41. The van der Waals surface area contributed by atoms with Gasteiger partial charge in [-0.3, -0.25) is 0 Å². The highest BCUT2D eigenvalue weighted by atomic mass is 16.3. The van der Waals surface area contributed by atoms with Crippen LogP contribution in [0.1, 0.15) is 0 Å². The van der Waals surface area contributed by atoms with E-state index in [0.29, 0.717) is 17.5 Å². The predicted molar refractivity (Wildman–Crippen MR) is 230 cm³/mol. The van der Waals surface area contributed by atoms with Crippen molar-refractivity contribution in [1.29, 1.82) is 0 Å². The van der Waals surface area contributed by atoms with Crippen molar-refractivity contribution in [2.24, 2.45) is 0 Å². The number of rotatable bonds is 5. The van der Waals surface area contributed by atoms with E-state index in [0.717, 1.165) is 99.2 Å². The first-order valence-corrected chi connectivity index (χ1v) is 19.0. The molecule has 0 radical (unpaired) electrons. The maximum Gasteiger partial charge on any atom is 0.164 e. The highest BCUT2D eigenvalue weighted by Gasteiger charge is 2.21. The van der Waals surface area contributed by atoms with E-state index >= 15 is 0 Å². The summed E-state index contributed by atoms with van der Waals surface area (Å²) in [4.78, 5) is 15.4. The van der Waals surface area contributed by atoms with Crippen molar-refractivity contribution in [2.45, 2.75) is 0 Å². The van der Waals surface area contributed by atoms with Gasteiger partial charge in [-0.05, 0) is 65.7 Å². The summed E-state index contributed by atoms with van der Waals surface area (Å²) in [6.07, 6.45) is 0. The minimum Gasteiger partial charge on any atom is -0.456 e. The minimum atomic E-state index is 0.588. The van der Waals surface area contributed by atoms with Gasteiger partial charge in [-0.15, -0.1) is 0 Å². The van der Waals surface area contributed by atoms with Gasteiger partial charge >= 0.3 is 0 Å². The molecule has 0 spiro atoms. The molecule has 0 fully saturated rings. The second kappa shape index (κ2) is 12.3. The quantitative estimate of drug-likeness (QED) is 0.176. The Labute approximate surface area is 325 Å². The van der Waals surface area contributed by atoms with Crippen molar-refractivity contribution in [3.05, 3.63) is 182 Å². The summed E-state index contributed by atoms with van der Waals surface area (Å²) in [6.45, 7) is 0.